The van der Waals surface area contributed by atoms with Crippen LogP contribution in [0.2, 0.25) is 0 Å². The Morgan fingerprint density at radius 3 is 2.41 bits per heavy atom. The molecule has 7 nitrogen and oxygen atoms in total. The van der Waals surface area contributed by atoms with Crippen molar-refractivity contribution in [3.8, 4) is 11.5 Å². The summed E-state index contributed by atoms with van der Waals surface area (Å²) in [5.74, 6) is 1.13. The minimum Gasteiger partial charge on any atom is -0.490 e. The molecular weight excluding hydrogens is 370 g/mol. The number of ether oxygens (including phenoxy) is 2. The van der Waals surface area contributed by atoms with Crippen LogP contribution in [0.3, 0.4) is 0 Å². The molecule has 1 aliphatic rings. The third-order valence-corrected chi connectivity index (χ3v) is 4.46. The summed E-state index contributed by atoms with van der Waals surface area (Å²) in [5, 5.41) is 8.47. The lowest BCUT2D eigenvalue weighted by molar-refractivity contribution is 0.0940. The molecule has 0 spiro atoms. The number of carbonyl (C=O) groups is 2. The third-order valence-electron chi connectivity index (χ3n) is 4.46. The van der Waals surface area contributed by atoms with Crippen molar-refractivity contribution in [2.45, 2.75) is 39.3 Å². The summed E-state index contributed by atoms with van der Waals surface area (Å²) in [4.78, 5) is 24.9. The zero-order valence-corrected chi connectivity index (χ0v) is 17.0. The van der Waals surface area contributed by atoms with E-state index in [-0.39, 0.29) is 24.0 Å². The maximum Gasteiger partial charge on any atom is 0.319 e. The van der Waals surface area contributed by atoms with E-state index in [0.717, 1.165) is 17.7 Å². The van der Waals surface area contributed by atoms with Crippen LogP contribution in [-0.2, 0) is 0 Å². The molecule has 0 saturated heterocycles. The van der Waals surface area contributed by atoms with Crippen molar-refractivity contribution >= 4 is 17.6 Å². The number of benzene rings is 2. The van der Waals surface area contributed by atoms with E-state index >= 15 is 0 Å². The SMILES string of the molecule is CC(C)NC(=O)Nc1ccccc1C(=O)NC(C)c1ccc2c(c1)OCCCO2. The Hall–Kier alpha value is -3.22. The van der Waals surface area contributed by atoms with Gasteiger partial charge in [-0.1, -0.05) is 18.2 Å². The summed E-state index contributed by atoms with van der Waals surface area (Å²) < 4.78 is 11.4. The molecule has 0 aliphatic carbocycles. The van der Waals surface area contributed by atoms with Crippen LogP contribution in [0, 0.1) is 0 Å². The highest BCUT2D eigenvalue weighted by Crippen LogP contribution is 2.32. The summed E-state index contributed by atoms with van der Waals surface area (Å²) in [6.45, 7) is 6.88. The van der Waals surface area contributed by atoms with E-state index < -0.39 is 0 Å². The van der Waals surface area contributed by atoms with Crippen LogP contribution >= 0.6 is 0 Å². The quantitative estimate of drug-likeness (QED) is 0.715. The zero-order chi connectivity index (χ0) is 20.8. The van der Waals surface area contributed by atoms with Crippen molar-refractivity contribution in [3.63, 3.8) is 0 Å². The Bertz CT molecular complexity index is 882. The Labute approximate surface area is 170 Å². The maximum absolute atomic E-state index is 12.9. The third kappa shape index (κ3) is 5.40. The highest BCUT2D eigenvalue weighted by atomic mass is 16.5. The predicted molar refractivity (Wildman–Crippen MR) is 112 cm³/mol. The first-order valence-electron chi connectivity index (χ1n) is 9.81. The highest BCUT2D eigenvalue weighted by molar-refractivity contribution is 6.03. The monoisotopic (exact) mass is 397 g/mol. The van der Waals surface area contributed by atoms with Gasteiger partial charge in [-0.2, -0.15) is 0 Å². The normalized spacial score (nSPS) is 13.9. The molecule has 3 rings (SSSR count). The largest absolute Gasteiger partial charge is 0.490 e. The van der Waals surface area contributed by atoms with E-state index in [1.807, 2.05) is 39.0 Å². The average molecular weight is 397 g/mol. The van der Waals surface area contributed by atoms with E-state index in [0.29, 0.717) is 30.2 Å². The summed E-state index contributed by atoms with van der Waals surface area (Å²) in [5.41, 5.74) is 1.76. The van der Waals surface area contributed by atoms with Gasteiger partial charge in [0.15, 0.2) is 11.5 Å². The number of para-hydroxylation sites is 1. The number of rotatable bonds is 5. The van der Waals surface area contributed by atoms with Gasteiger partial charge in [-0.05, 0) is 50.6 Å². The van der Waals surface area contributed by atoms with Gasteiger partial charge in [0.25, 0.3) is 5.91 Å². The smallest absolute Gasteiger partial charge is 0.319 e. The van der Waals surface area contributed by atoms with Crippen LogP contribution in [0.25, 0.3) is 0 Å². The molecule has 29 heavy (non-hydrogen) atoms. The summed E-state index contributed by atoms with van der Waals surface area (Å²) >= 11 is 0. The van der Waals surface area contributed by atoms with Gasteiger partial charge in [0.2, 0.25) is 0 Å². The van der Waals surface area contributed by atoms with Crippen molar-refractivity contribution in [2.75, 3.05) is 18.5 Å². The molecule has 2 aromatic rings. The van der Waals surface area contributed by atoms with Gasteiger partial charge in [-0.15, -0.1) is 0 Å². The predicted octanol–water partition coefficient (Wildman–Crippen LogP) is 3.87. The lowest BCUT2D eigenvalue weighted by Crippen LogP contribution is -2.35. The molecule has 3 N–H and O–H groups in total. The Balaban J connectivity index is 1.72. The molecule has 1 heterocycles. The van der Waals surface area contributed by atoms with Crippen molar-refractivity contribution in [2.24, 2.45) is 0 Å². The van der Waals surface area contributed by atoms with Gasteiger partial charge in [-0.3, -0.25) is 4.79 Å². The number of hydrogen-bond donors (Lipinski definition) is 3. The zero-order valence-electron chi connectivity index (χ0n) is 17.0. The van der Waals surface area contributed by atoms with Gasteiger partial charge in [0, 0.05) is 12.5 Å². The number of hydrogen-bond acceptors (Lipinski definition) is 4. The van der Waals surface area contributed by atoms with Gasteiger partial charge in [-0.25, -0.2) is 4.79 Å². The number of nitrogens with one attached hydrogen (secondary N) is 3. The van der Waals surface area contributed by atoms with Crippen LogP contribution in [0.15, 0.2) is 42.5 Å². The molecule has 1 unspecified atom stereocenters. The molecule has 1 atom stereocenters. The molecule has 0 saturated carbocycles. The van der Waals surface area contributed by atoms with Gasteiger partial charge < -0.3 is 25.4 Å². The topological polar surface area (TPSA) is 88.7 Å². The summed E-state index contributed by atoms with van der Waals surface area (Å²) in [7, 11) is 0. The van der Waals surface area contributed by atoms with E-state index in [4.69, 9.17) is 9.47 Å². The molecule has 1 aliphatic heterocycles. The number of anilines is 1. The molecule has 3 amide bonds. The van der Waals surface area contributed by atoms with Crippen molar-refractivity contribution < 1.29 is 19.1 Å². The maximum atomic E-state index is 12.9. The Morgan fingerprint density at radius 2 is 1.66 bits per heavy atom. The number of urea groups is 1. The molecule has 0 radical (unpaired) electrons. The van der Waals surface area contributed by atoms with Crippen molar-refractivity contribution in [3.05, 3.63) is 53.6 Å². The lowest BCUT2D eigenvalue weighted by Gasteiger charge is -2.18. The van der Waals surface area contributed by atoms with Crippen molar-refractivity contribution in [1.29, 1.82) is 0 Å². The Morgan fingerprint density at radius 1 is 0.931 bits per heavy atom. The average Bonchev–Trinajstić information content (AvgIpc) is 2.92. The molecule has 154 valence electrons. The van der Waals surface area contributed by atoms with Gasteiger partial charge >= 0.3 is 6.03 Å². The highest BCUT2D eigenvalue weighted by Gasteiger charge is 2.18. The second-order valence-corrected chi connectivity index (χ2v) is 7.25. The summed E-state index contributed by atoms with van der Waals surface area (Å²) in [6.07, 6.45) is 0.838. The molecule has 7 heteroatoms. The molecular formula is C22H27N3O4. The standard InChI is InChI=1S/C22H27N3O4/c1-14(2)23-22(27)25-18-8-5-4-7-17(18)21(26)24-15(3)16-9-10-19-20(13-16)29-12-6-11-28-19/h4-5,7-10,13-15H,6,11-12H2,1-3H3,(H,24,26)(H2,23,25,27). The first kappa shape index (κ1) is 20.5. The number of fused-ring (bicyclic) bond motifs is 1. The second kappa shape index (κ2) is 9.32. The van der Waals surface area contributed by atoms with Gasteiger partial charge in [0.1, 0.15) is 0 Å². The summed E-state index contributed by atoms with van der Waals surface area (Å²) in [6, 6.07) is 12.0. The minimum atomic E-state index is -0.351. The van der Waals surface area contributed by atoms with Crippen LogP contribution in [-0.4, -0.2) is 31.2 Å². The van der Waals surface area contributed by atoms with E-state index in [1.165, 1.54) is 0 Å². The van der Waals surface area contributed by atoms with Crippen LogP contribution in [0.4, 0.5) is 10.5 Å². The molecule has 0 aromatic heterocycles. The first-order valence-corrected chi connectivity index (χ1v) is 9.81. The second-order valence-electron chi connectivity index (χ2n) is 7.25. The molecule has 2 aromatic carbocycles. The molecule has 0 bridgehead atoms. The number of amides is 3. The van der Waals surface area contributed by atoms with Crippen LogP contribution in [0.5, 0.6) is 11.5 Å². The van der Waals surface area contributed by atoms with Crippen LogP contribution < -0.4 is 25.4 Å². The number of carbonyl (C=O) groups excluding carboxylic acids is 2. The van der Waals surface area contributed by atoms with Crippen LogP contribution in [0.1, 0.15) is 49.2 Å². The van der Waals surface area contributed by atoms with Crippen molar-refractivity contribution in [1.82, 2.24) is 10.6 Å². The first-order chi connectivity index (χ1) is 13.9. The molecule has 0 fully saturated rings. The lowest BCUT2D eigenvalue weighted by atomic mass is 10.1. The fraction of sp³-hybridized carbons (Fsp3) is 0.364. The fourth-order valence-electron chi connectivity index (χ4n) is 3.02. The Kier molecular flexibility index (Phi) is 6.59. The van der Waals surface area contributed by atoms with E-state index in [1.54, 1.807) is 24.3 Å². The van der Waals surface area contributed by atoms with E-state index in [2.05, 4.69) is 16.0 Å². The van der Waals surface area contributed by atoms with Gasteiger partial charge in [0.05, 0.1) is 30.5 Å². The minimum absolute atomic E-state index is 0.00424. The van der Waals surface area contributed by atoms with E-state index in [9.17, 15) is 9.59 Å². The fourth-order valence-corrected chi connectivity index (χ4v) is 3.02.